The maximum Gasteiger partial charge on any atom is 0.227 e. The minimum absolute atomic E-state index is 0.0555. The van der Waals surface area contributed by atoms with E-state index in [9.17, 15) is 0 Å². The number of fused-ring (bicyclic) bond motifs is 1. The van der Waals surface area contributed by atoms with Crippen molar-refractivity contribution >= 4 is 34.1 Å². The van der Waals surface area contributed by atoms with Gasteiger partial charge in [0, 0.05) is 5.39 Å². The minimum atomic E-state index is 0.0555. The summed E-state index contributed by atoms with van der Waals surface area (Å²) in [5, 5.41) is 1.16. The van der Waals surface area contributed by atoms with Gasteiger partial charge < -0.3 is 0 Å². The van der Waals surface area contributed by atoms with Crippen LogP contribution in [0.4, 0.5) is 0 Å². The lowest BCUT2D eigenvalue weighted by atomic mass is 10.2. The molecule has 0 aliphatic heterocycles. The molecule has 3 aromatic rings. The summed E-state index contributed by atoms with van der Waals surface area (Å²) >= 11 is 11.5. The third-order valence-electron chi connectivity index (χ3n) is 2.41. The summed E-state index contributed by atoms with van der Waals surface area (Å²) in [5.74, 6) is 0.366. The van der Waals surface area contributed by atoms with Gasteiger partial charge in [0.2, 0.25) is 10.6 Å². The minimum Gasteiger partial charge on any atom is -0.244 e. The molecule has 0 fully saturated rings. The van der Waals surface area contributed by atoms with Crippen LogP contribution >= 0.6 is 23.2 Å². The Morgan fingerprint density at radius 3 is 2.22 bits per heavy atom. The average molecular weight is 277 g/mol. The molecule has 0 aliphatic rings. The molecule has 0 N–H and O–H groups in total. The molecule has 0 amide bonds. The fourth-order valence-corrected chi connectivity index (χ4v) is 1.99. The predicted octanol–water partition coefficient (Wildman–Crippen LogP) is 3.39. The quantitative estimate of drug-likeness (QED) is 0.684. The molecular formula is C12H6Cl2N4. The SMILES string of the molecule is Clc1nc(Cl)nc(-c2ccc3ccccc3n2)n1. The smallest absolute Gasteiger partial charge is 0.227 e. The van der Waals surface area contributed by atoms with E-state index < -0.39 is 0 Å². The number of rotatable bonds is 1. The van der Waals surface area contributed by atoms with Crippen LogP contribution in [0.5, 0.6) is 0 Å². The molecular weight excluding hydrogens is 271 g/mol. The van der Waals surface area contributed by atoms with Gasteiger partial charge in [-0.3, -0.25) is 0 Å². The van der Waals surface area contributed by atoms with E-state index in [1.165, 1.54) is 0 Å². The molecule has 0 radical (unpaired) electrons. The first-order valence-electron chi connectivity index (χ1n) is 5.15. The Labute approximate surface area is 113 Å². The molecule has 0 saturated heterocycles. The Kier molecular flexibility index (Phi) is 2.81. The highest BCUT2D eigenvalue weighted by Crippen LogP contribution is 2.19. The van der Waals surface area contributed by atoms with E-state index in [1.807, 2.05) is 36.4 Å². The zero-order chi connectivity index (χ0) is 12.5. The molecule has 2 heterocycles. The van der Waals surface area contributed by atoms with Crippen LogP contribution in [0.2, 0.25) is 10.6 Å². The van der Waals surface area contributed by atoms with Crippen molar-refractivity contribution in [3.8, 4) is 11.5 Å². The normalized spacial score (nSPS) is 10.8. The fourth-order valence-electron chi connectivity index (χ4n) is 1.63. The van der Waals surface area contributed by atoms with E-state index in [-0.39, 0.29) is 10.6 Å². The fraction of sp³-hybridized carbons (Fsp3) is 0. The summed E-state index contributed by atoms with van der Waals surface area (Å²) in [6, 6.07) is 11.6. The van der Waals surface area contributed by atoms with Gasteiger partial charge in [-0.1, -0.05) is 24.3 Å². The number of pyridine rings is 1. The van der Waals surface area contributed by atoms with Crippen LogP contribution in [0, 0.1) is 0 Å². The highest BCUT2D eigenvalue weighted by Gasteiger charge is 2.07. The molecule has 18 heavy (non-hydrogen) atoms. The number of hydrogen-bond acceptors (Lipinski definition) is 4. The standard InChI is InChI=1S/C12H6Cl2N4/c13-11-16-10(17-12(14)18-11)9-6-5-7-3-1-2-4-8(7)15-9/h1-6H. The second-order valence-corrected chi connectivity index (χ2v) is 4.26. The topological polar surface area (TPSA) is 51.6 Å². The van der Waals surface area contributed by atoms with Crippen molar-refractivity contribution in [2.75, 3.05) is 0 Å². The lowest BCUT2D eigenvalue weighted by Gasteiger charge is -2.02. The predicted molar refractivity (Wildman–Crippen MR) is 70.6 cm³/mol. The zero-order valence-corrected chi connectivity index (χ0v) is 10.5. The third kappa shape index (κ3) is 2.12. The van der Waals surface area contributed by atoms with E-state index in [0.29, 0.717) is 11.5 Å². The van der Waals surface area contributed by atoms with Gasteiger partial charge in [0.1, 0.15) is 5.69 Å². The highest BCUT2D eigenvalue weighted by atomic mass is 35.5. The van der Waals surface area contributed by atoms with E-state index in [0.717, 1.165) is 10.9 Å². The van der Waals surface area contributed by atoms with Crippen LogP contribution in [-0.4, -0.2) is 19.9 Å². The van der Waals surface area contributed by atoms with Crippen molar-refractivity contribution < 1.29 is 0 Å². The van der Waals surface area contributed by atoms with Gasteiger partial charge in [0.05, 0.1) is 5.52 Å². The Morgan fingerprint density at radius 1 is 0.722 bits per heavy atom. The molecule has 0 atom stereocenters. The van der Waals surface area contributed by atoms with Crippen molar-refractivity contribution in [1.82, 2.24) is 19.9 Å². The number of halogens is 2. The van der Waals surface area contributed by atoms with E-state index in [1.54, 1.807) is 0 Å². The summed E-state index contributed by atoms with van der Waals surface area (Å²) in [6.07, 6.45) is 0. The van der Waals surface area contributed by atoms with Crippen molar-refractivity contribution in [3.05, 3.63) is 47.0 Å². The van der Waals surface area contributed by atoms with Gasteiger partial charge in [-0.15, -0.1) is 0 Å². The Hall–Kier alpha value is -1.78. The van der Waals surface area contributed by atoms with Crippen LogP contribution < -0.4 is 0 Å². The molecule has 1 aromatic carbocycles. The Bertz CT molecular complexity index is 710. The summed E-state index contributed by atoms with van der Waals surface area (Å²) < 4.78 is 0. The summed E-state index contributed by atoms with van der Waals surface area (Å²) in [6.45, 7) is 0. The van der Waals surface area contributed by atoms with Gasteiger partial charge in [-0.25, -0.2) is 4.98 Å². The van der Waals surface area contributed by atoms with Crippen LogP contribution in [-0.2, 0) is 0 Å². The van der Waals surface area contributed by atoms with E-state index >= 15 is 0 Å². The monoisotopic (exact) mass is 276 g/mol. The lowest BCUT2D eigenvalue weighted by Crippen LogP contribution is -1.95. The second-order valence-electron chi connectivity index (χ2n) is 3.59. The number of para-hydroxylation sites is 1. The van der Waals surface area contributed by atoms with Crippen LogP contribution in [0.1, 0.15) is 0 Å². The average Bonchev–Trinajstić information content (AvgIpc) is 2.37. The first-order valence-corrected chi connectivity index (χ1v) is 5.91. The third-order valence-corrected chi connectivity index (χ3v) is 2.75. The molecule has 3 rings (SSSR count). The number of aromatic nitrogens is 4. The largest absolute Gasteiger partial charge is 0.244 e. The van der Waals surface area contributed by atoms with Crippen molar-refractivity contribution in [2.45, 2.75) is 0 Å². The van der Waals surface area contributed by atoms with E-state index in [2.05, 4.69) is 19.9 Å². The molecule has 0 spiro atoms. The van der Waals surface area contributed by atoms with Crippen molar-refractivity contribution in [2.24, 2.45) is 0 Å². The Balaban J connectivity index is 2.19. The van der Waals surface area contributed by atoms with Crippen LogP contribution in [0.25, 0.3) is 22.4 Å². The molecule has 0 unspecified atom stereocenters. The maximum absolute atomic E-state index is 5.74. The van der Waals surface area contributed by atoms with Crippen LogP contribution in [0.3, 0.4) is 0 Å². The van der Waals surface area contributed by atoms with Gasteiger partial charge >= 0.3 is 0 Å². The molecule has 0 bridgehead atoms. The van der Waals surface area contributed by atoms with Crippen molar-refractivity contribution in [1.29, 1.82) is 0 Å². The first-order chi connectivity index (χ1) is 8.72. The van der Waals surface area contributed by atoms with Gasteiger partial charge in [0.25, 0.3) is 0 Å². The van der Waals surface area contributed by atoms with E-state index in [4.69, 9.17) is 23.2 Å². The lowest BCUT2D eigenvalue weighted by molar-refractivity contribution is 1.05. The van der Waals surface area contributed by atoms with Gasteiger partial charge in [-0.05, 0) is 35.3 Å². The van der Waals surface area contributed by atoms with Crippen molar-refractivity contribution in [3.63, 3.8) is 0 Å². The summed E-state index contributed by atoms with van der Waals surface area (Å²) in [5.41, 5.74) is 1.47. The summed E-state index contributed by atoms with van der Waals surface area (Å²) in [7, 11) is 0. The zero-order valence-electron chi connectivity index (χ0n) is 9.01. The van der Waals surface area contributed by atoms with Gasteiger partial charge in [0.15, 0.2) is 5.82 Å². The highest BCUT2D eigenvalue weighted by molar-refractivity contribution is 6.31. The Morgan fingerprint density at radius 2 is 1.44 bits per heavy atom. The molecule has 4 nitrogen and oxygen atoms in total. The first kappa shape index (κ1) is 11.3. The number of nitrogens with zero attached hydrogens (tertiary/aromatic N) is 4. The van der Waals surface area contributed by atoms with Gasteiger partial charge in [-0.2, -0.15) is 15.0 Å². The maximum atomic E-state index is 5.74. The molecule has 2 aromatic heterocycles. The number of benzene rings is 1. The molecule has 0 saturated carbocycles. The summed E-state index contributed by atoms with van der Waals surface area (Å²) in [4.78, 5) is 16.2. The number of hydrogen-bond donors (Lipinski definition) is 0. The van der Waals surface area contributed by atoms with Crippen LogP contribution in [0.15, 0.2) is 36.4 Å². The molecule has 0 aliphatic carbocycles. The molecule has 88 valence electrons. The second kappa shape index (κ2) is 4.48. The molecule has 6 heteroatoms.